The van der Waals surface area contributed by atoms with E-state index >= 15 is 0 Å². The summed E-state index contributed by atoms with van der Waals surface area (Å²) in [4.78, 5) is 22.7. The second kappa shape index (κ2) is 8.33. The van der Waals surface area contributed by atoms with E-state index < -0.39 is 5.60 Å². The molecule has 3 aromatic heterocycles. The first-order valence-corrected chi connectivity index (χ1v) is 10.2. The lowest BCUT2D eigenvalue weighted by Gasteiger charge is -2.16. The lowest BCUT2D eigenvalue weighted by Crippen LogP contribution is -2.20. The van der Waals surface area contributed by atoms with Gasteiger partial charge in [0, 0.05) is 43.2 Å². The van der Waals surface area contributed by atoms with Crippen molar-refractivity contribution < 1.29 is 5.11 Å². The molecule has 0 saturated heterocycles. The van der Waals surface area contributed by atoms with Crippen molar-refractivity contribution in [3.05, 3.63) is 65.9 Å². The molecule has 1 saturated carbocycles. The molecule has 29 heavy (non-hydrogen) atoms. The van der Waals surface area contributed by atoms with E-state index in [2.05, 4.69) is 15.0 Å². The van der Waals surface area contributed by atoms with Crippen molar-refractivity contribution in [1.29, 1.82) is 0 Å². The van der Waals surface area contributed by atoms with Crippen LogP contribution < -0.4 is 0 Å². The molecule has 0 spiro atoms. The van der Waals surface area contributed by atoms with E-state index in [1.807, 2.05) is 44.4 Å². The minimum Gasteiger partial charge on any atom is -0.390 e. The fraction of sp³-hybridized carbons (Fsp3) is 0.435. The molecule has 0 aliphatic heterocycles. The number of nitrogens with zero attached hydrogens (tertiary/aromatic N) is 5. The van der Waals surface area contributed by atoms with Gasteiger partial charge in [0.25, 0.3) is 0 Å². The first-order chi connectivity index (χ1) is 14.0. The summed E-state index contributed by atoms with van der Waals surface area (Å²) in [5.74, 6) is 2.28. The van der Waals surface area contributed by atoms with E-state index in [1.54, 1.807) is 12.4 Å². The summed E-state index contributed by atoms with van der Waals surface area (Å²) in [6, 6.07) is 5.89. The molecule has 0 aromatic carbocycles. The third-order valence-electron chi connectivity index (χ3n) is 5.15. The maximum atomic E-state index is 10.0. The van der Waals surface area contributed by atoms with Crippen LogP contribution in [0.15, 0.2) is 43.0 Å². The molecule has 6 nitrogen and oxygen atoms in total. The van der Waals surface area contributed by atoms with Crippen molar-refractivity contribution in [2.75, 3.05) is 0 Å². The third-order valence-corrected chi connectivity index (χ3v) is 5.15. The lowest BCUT2D eigenvalue weighted by molar-refractivity contribution is 0.0708. The normalized spacial score (nSPS) is 14.2. The third kappa shape index (κ3) is 5.64. The minimum atomic E-state index is -0.715. The van der Waals surface area contributed by atoms with E-state index in [0.29, 0.717) is 25.2 Å². The van der Waals surface area contributed by atoms with Crippen LogP contribution in [0.5, 0.6) is 0 Å². The number of pyridine rings is 1. The number of hydrogen-bond donors (Lipinski definition) is 1. The fourth-order valence-corrected chi connectivity index (χ4v) is 3.28. The first kappa shape index (κ1) is 19.6. The predicted octanol–water partition coefficient (Wildman–Crippen LogP) is 3.58. The Hall–Kier alpha value is -2.73. The Bertz CT molecular complexity index is 965. The molecule has 6 heteroatoms. The molecule has 1 aliphatic rings. The van der Waals surface area contributed by atoms with Crippen LogP contribution in [0.1, 0.15) is 56.0 Å². The van der Waals surface area contributed by atoms with E-state index in [0.717, 1.165) is 40.6 Å². The van der Waals surface area contributed by atoms with Gasteiger partial charge in [-0.1, -0.05) is 0 Å². The Labute approximate surface area is 171 Å². The van der Waals surface area contributed by atoms with Gasteiger partial charge in [-0.05, 0) is 69.2 Å². The highest BCUT2D eigenvalue weighted by Crippen LogP contribution is 2.34. The lowest BCUT2D eigenvalue weighted by atomic mass is 10.0. The zero-order valence-corrected chi connectivity index (χ0v) is 17.0. The Kier molecular flexibility index (Phi) is 5.62. The van der Waals surface area contributed by atoms with Crippen LogP contribution >= 0.6 is 0 Å². The highest BCUT2D eigenvalue weighted by atomic mass is 16.3. The number of hydrogen-bond acceptors (Lipinski definition) is 6. The van der Waals surface area contributed by atoms with Gasteiger partial charge in [-0.15, -0.1) is 0 Å². The van der Waals surface area contributed by atoms with Crippen LogP contribution in [-0.4, -0.2) is 35.6 Å². The Morgan fingerprint density at radius 2 is 1.79 bits per heavy atom. The molecule has 150 valence electrons. The SMILES string of the molecule is CC(C)(O)CCc1ncc(-c2ccnc(Cc3ccncc3)n2)c(CC2CC2)n1. The number of aliphatic hydroxyl groups is 1. The first-order valence-electron chi connectivity index (χ1n) is 10.2. The topological polar surface area (TPSA) is 84.7 Å². The summed E-state index contributed by atoms with van der Waals surface area (Å²) >= 11 is 0. The van der Waals surface area contributed by atoms with Gasteiger partial charge in [0.1, 0.15) is 11.6 Å². The van der Waals surface area contributed by atoms with Crippen molar-refractivity contribution in [1.82, 2.24) is 24.9 Å². The predicted molar refractivity (Wildman–Crippen MR) is 111 cm³/mol. The molecule has 3 heterocycles. The van der Waals surface area contributed by atoms with Gasteiger partial charge in [-0.3, -0.25) is 4.98 Å². The molecule has 4 rings (SSSR count). The Morgan fingerprint density at radius 1 is 1.00 bits per heavy atom. The molecule has 3 aromatic rings. The minimum absolute atomic E-state index is 0.638. The van der Waals surface area contributed by atoms with Crippen LogP contribution in [0.4, 0.5) is 0 Å². The van der Waals surface area contributed by atoms with Crippen molar-refractivity contribution >= 4 is 0 Å². The molecule has 0 radical (unpaired) electrons. The maximum Gasteiger partial charge on any atom is 0.133 e. The Morgan fingerprint density at radius 3 is 2.52 bits per heavy atom. The number of aryl methyl sites for hydroxylation is 1. The molecule has 0 amide bonds. The largest absolute Gasteiger partial charge is 0.390 e. The Balaban J connectivity index is 1.60. The van der Waals surface area contributed by atoms with Crippen LogP contribution in [0, 0.1) is 5.92 Å². The molecule has 0 bridgehead atoms. The summed E-state index contributed by atoms with van der Waals surface area (Å²) in [5.41, 5.74) is 3.33. The van der Waals surface area contributed by atoms with E-state index in [9.17, 15) is 5.11 Å². The quantitative estimate of drug-likeness (QED) is 0.634. The summed E-state index contributed by atoms with van der Waals surface area (Å²) in [6.07, 6.45) is 12.7. The summed E-state index contributed by atoms with van der Waals surface area (Å²) in [5, 5.41) is 10.0. The number of aromatic nitrogens is 5. The molecule has 1 aliphatic carbocycles. The van der Waals surface area contributed by atoms with Crippen molar-refractivity contribution in [3.8, 4) is 11.3 Å². The van der Waals surface area contributed by atoms with Gasteiger partial charge in [-0.25, -0.2) is 19.9 Å². The van der Waals surface area contributed by atoms with Gasteiger partial charge in [0.2, 0.25) is 0 Å². The van der Waals surface area contributed by atoms with Crippen LogP contribution in [0.25, 0.3) is 11.3 Å². The molecule has 0 atom stereocenters. The van der Waals surface area contributed by atoms with Gasteiger partial charge in [0.05, 0.1) is 17.0 Å². The van der Waals surface area contributed by atoms with Crippen molar-refractivity contribution in [2.45, 2.75) is 58.0 Å². The van der Waals surface area contributed by atoms with E-state index in [1.165, 1.54) is 12.8 Å². The van der Waals surface area contributed by atoms with Crippen molar-refractivity contribution in [3.63, 3.8) is 0 Å². The zero-order chi connectivity index (χ0) is 20.3. The van der Waals surface area contributed by atoms with Crippen molar-refractivity contribution in [2.24, 2.45) is 5.92 Å². The van der Waals surface area contributed by atoms with Gasteiger partial charge < -0.3 is 5.11 Å². The highest BCUT2D eigenvalue weighted by molar-refractivity contribution is 5.60. The standard InChI is InChI=1S/C23H27N5O/c1-23(2,29)9-5-21-26-15-18(20(28-21)13-16-3-4-16)19-8-12-25-22(27-19)14-17-6-10-24-11-7-17/h6-8,10-12,15-16,29H,3-5,9,13-14H2,1-2H3. The molecule has 1 N–H and O–H groups in total. The molecule has 0 unspecified atom stereocenters. The molecular formula is C23H27N5O. The van der Waals surface area contributed by atoms with E-state index in [-0.39, 0.29) is 0 Å². The highest BCUT2D eigenvalue weighted by Gasteiger charge is 2.25. The van der Waals surface area contributed by atoms with Crippen LogP contribution in [0.3, 0.4) is 0 Å². The molecule has 1 fully saturated rings. The molecular weight excluding hydrogens is 362 g/mol. The van der Waals surface area contributed by atoms with Gasteiger partial charge in [0.15, 0.2) is 0 Å². The second-order valence-corrected chi connectivity index (χ2v) is 8.50. The monoisotopic (exact) mass is 389 g/mol. The maximum absolute atomic E-state index is 10.0. The van der Waals surface area contributed by atoms with Crippen LogP contribution in [0.2, 0.25) is 0 Å². The summed E-state index contributed by atoms with van der Waals surface area (Å²) in [6.45, 7) is 3.63. The van der Waals surface area contributed by atoms with Gasteiger partial charge in [-0.2, -0.15) is 0 Å². The summed E-state index contributed by atoms with van der Waals surface area (Å²) < 4.78 is 0. The smallest absolute Gasteiger partial charge is 0.133 e. The second-order valence-electron chi connectivity index (χ2n) is 8.50. The van der Waals surface area contributed by atoms with Gasteiger partial charge >= 0.3 is 0 Å². The zero-order valence-electron chi connectivity index (χ0n) is 17.0. The van der Waals surface area contributed by atoms with Crippen LogP contribution in [-0.2, 0) is 19.3 Å². The summed E-state index contributed by atoms with van der Waals surface area (Å²) in [7, 11) is 0. The average Bonchev–Trinajstić information content (AvgIpc) is 3.51. The number of rotatable bonds is 8. The van der Waals surface area contributed by atoms with E-state index in [4.69, 9.17) is 9.97 Å². The average molecular weight is 390 g/mol. The fourth-order valence-electron chi connectivity index (χ4n) is 3.28.